The van der Waals surface area contributed by atoms with Crippen molar-refractivity contribution >= 4 is 0 Å². The average Bonchev–Trinajstić information content (AvgIpc) is 2.67. The normalized spacial score (nSPS) is 21.0. The summed E-state index contributed by atoms with van der Waals surface area (Å²) in [6.07, 6.45) is 6.15. The van der Waals surface area contributed by atoms with E-state index in [2.05, 4.69) is 17.1 Å². The second-order valence-electron chi connectivity index (χ2n) is 4.34. The molecule has 1 fully saturated rings. The van der Waals surface area contributed by atoms with Crippen LogP contribution in [0.1, 0.15) is 50.7 Å². The molecule has 2 N–H and O–H groups in total. The largest absolute Gasteiger partial charge is 0.339 e. The van der Waals surface area contributed by atoms with Gasteiger partial charge >= 0.3 is 0 Å². The molecule has 0 saturated heterocycles. The van der Waals surface area contributed by atoms with Crippen molar-refractivity contribution in [3.8, 4) is 0 Å². The van der Waals surface area contributed by atoms with Gasteiger partial charge in [-0.3, -0.25) is 0 Å². The number of hydrogen-bond donors (Lipinski definition) is 1. The lowest BCUT2D eigenvalue weighted by Crippen LogP contribution is -2.25. The van der Waals surface area contributed by atoms with Gasteiger partial charge in [0.1, 0.15) is 0 Å². The van der Waals surface area contributed by atoms with Crippen molar-refractivity contribution in [2.45, 2.75) is 51.0 Å². The number of hydrogen-bond acceptors (Lipinski definition) is 4. The third-order valence-electron chi connectivity index (χ3n) is 3.12. The zero-order valence-electron chi connectivity index (χ0n) is 8.62. The second kappa shape index (κ2) is 3.69. The highest BCUT2D eigenvalue weighted by Gasteiger charge is 2.34. The number of nitrogens with two attached hydrogens (primary N) is 1. The van der Waals surface area contributed by atoms with Gasteiger partial charge in [0.2, 0.25) is 5.89 Å². The van der Waals surface area contributed by atoms with Gasteiger partial charge in [0, 0.05) is 5.41 Å². The molecule has 1 saturated carbocycles. The first kappa shape index (κ1) is 9.65. The van der Waals surface area contributed by atoms with E-state index in [1.807, 2.05) is 0 Å². The molecule has 0 aromatic carbocycles. The summed E-state index contributed by atoms with van der Waals surface area (Å²) in [5.74, 6) is 1.39. The molecule has 0 amide bonds. The molecule has 1 heterocycles. The van der Waals surface area contributed by atoms with E-state index in [1.54, 1.807) is 0 Å². The van der Waals surface area contributed by atoms with Crippen molar-refractivity contribution in [2.24, 2.45) is 5.73 Å². The van der Waals surface area contributed by atoms with E-state index < -0.39 is 0 Å². The van der Waals surface area contributed by atoms with E-state index in [1.165, 1.54) is 19.3 Å². The topological polar surface area (TPSA) is 64.9 Å². The molecule has 1 aliphatic rings. The summed E-state index contributed by atoms with van der Waals surface area (Å²) in [7, 11) is 0. The van der Waals surface area contributed by atoms with Crippen LogP contribution < -0.4 is 5.73 Å². The van der Waals surface area contributed by atoms with Crippen LogP contribution in [0.15, 0.2) is 4.52 Å². The van der Waals surface area contributed by atoms with Gasteiger partial charge in [0.25, 0.3) is 0 Å². The molecule has 1 aliphatic carbocycles. The minimum atomic E-state index is 0.0959. The van der Waals surface area contributed by atoms with Crippen molar-refractivity contribution in [2.75, 3.05) is 0 Å². The highest BCUT2D eigenvalue weighted by Crippen LogP contribution is 2.37. The highest BCUT2D eigenvalue weighted by atomic mass is 16.5. The number of nitrogens with zero attached hydrogens (tertiary/aromatic N) is 2. The van der Waals surface area contributed by atoms with E-state index in [9.17, 15) is 0 Å². The molecule has 0 radical (unpaired) electrons. The van der Waals surface area contributed by atoms with Crippen LogP contribution in [0.25, 0.3) is 0 Å². The fourth-order valence-corrected chi connectivity index (χ4v) is 2.13. The van der Waals surface area contributed by atoms with Crippen LogP contribution in [0, 0.1) is 0 Å². The predicted octanol–water partition coefficient (Wildman–Crippen LogP) is 1.75. The molecular weight excluding hydrogens is 178 g/mol. The van der Waals surface area contributed by atoms with E-state index in [0.717, 1.165) is 18.7 Å². The van der Waals surface area contributed by atoms with Gasteiger partial charge in [-0.15, -0.1) is 0 Å². The van der Waals surface area contributed by atoms with Crippen molar-refractivity contribution in [1.82, 2.24) is 10.1 Å². The predicted molar refractivity (Wildman–Crippen MR) is 52.6 cm³/mol. The molecule has 4 nitrogen and oxygen atoms in total. The first-order chi connectivity index (χ1) is 6.74. The lowest BCUT2D eigenvalue weighted by atomic mass is 9.76. The molecule has 0 unspecified atom stereocenters. The van der Waals surface area contributed by atoms with Gasteiger partial charge in [-0.2, -0.15) is 4.98 Å². The molecule has 2 rings (SSSR count). The Kier molecular flexibility index (Phi) is 2.54. The molecular formula is C10H17N3O. The summed E-state index contributed by atoms with van der Waals surface area (Å²) in [5.41, 5.74) is 5.55. The van der Waals surface area contributed by atoms with Gasteiger partial charge in [-0.05, 0) is 12.8 Å². The molecule has 14 heavy (non-hydrogen) atoms. The summed E-state index contributed by atoms with van der Waals surface area (Å²) in [6, 6.07) is 0. The molecule has 0 bridgehead atoms. The summed E-state index contributed by atoms with van der Waals surface area (Å²) in [4.78, 5) is 4.32. The average molecular weight is 195 g/mol. The second-order valence-corrected chi connectivity index (χ2v) is 4.34. The summed E-state index contributed by atoms with van der Waals surface area (Å²) >= 11 is 0. The minimum Gasteiger partial charge on any atom is -0.339 e. The van der Waals surface area contributed by atoms with Crippen LogP contribution in [0.4, 0.5) is 0 Å². The van der Waals surface area contributed by atoms with Gasteiger partial charge in [0.05, 0.1) is 6.54 Å². The molecule has 1 aromatic heterocycles. The molecule has 0 spiro atoms. The minimum absolute atomic E-state index is 0.0959. The van der Waals surface area contributed by atoms with Gasteiger partial charge < -0.3 is 10.3 Å². The van der Waals surface area contributed by atoms with Crippen LogP contribution in [0.5, 0.6) is 0 Å². The zero-order chi connectivity index (χ0) is 10.0. The first-order valence-corrected chi connectivity index (χ1v) is 5.28. The van der Waals surface area contributed by atoms with Gasteiger partial charge in [0.15, 0.2) is 5.82 Å². The van der Waals surface area contributed by atoms with Crippen molar-refractivity contribution in [1.29, 1.82) is 0 Å². The van der Waals surface area contributed by atoms with E-state index in [4.69, 9.17) is 10.3 Å². The maximum Gasteiger partial charge on any atom is 0.232 e. The fraction of sp³-hybridized carbons (Fsp3) is 0.800. The maximum atomic E-state index is 5.45. The molecule has 1 aromatic rings. The zero-order valence-corrected chi connectivity index (χ0v) is 8.62. The lowest BCUT2D eigenvalue weighted by molar-refractivity contribution is 0.231. The monoisotopic (exact) mass is 195 g/mol. The van der Waals surface area contributed by atoms with Crippen LogP contribution in [0.3, 0.4) is 0 Å². The SMILES string of the molecule is CC1(c2nc(CN)no2)CCCCC1. The van der Waals surface area contributed by atoms with E-state index >= 15 is 0 Å². The Morgan fingerprint density at radius 1 is 1.36 bits per heavy atom. The van der Waals surface area contributed by atoms with Crippen molar-refractivity contribution in [3.05, 3.63) is 11.7 Å². The third-order valence-corrected chi connectivity index (χ3v) is 3.12. The van der Waals surface area contributed by atoms with E-state index in [0.29, 0.717) is 12.4 Å². The van der Waals surface area contributed by atoms with Crippen molar-refractivity contribution < 1.29 is 4.52 Å². The Balaban J connectivity index is 2.19. The Morgan fingerprint density at radius 3 is 2.64 bits per heavy atom. The molecule has 78 valence electrons. The van der Waals surface area contributed by atoms with Crippen molar-refractivity contribution in [3.63, 3.8) is 0 Å². The Hall–Kier alpha value is -0.900. The van der Waals surface area contributed by atoms with Crippen LogP contribution in [-0.2, 0) is 12.0 Å². The van der Waals surface area contributed by atoms with Gasteiger partial charge in [-0.25, -0.2) is 0 Å². The maximum absolute atomic E-state index is 5.45. The summed E-state index contributed by atoms with van der Waals surface area (Å²) in [5, 5.41) is 3.84. The van der Waals surface area contributed by atoms with Gasteiger partial charge in [-0.1, -0.05) is 31.3 Å². The first-order valence-electron chi connectivity index (χ1n) is 5.28. The van der Waals surface area contributed by atoms with Crippen LogP contribution >= 0.6 is 0 Å². The highest BCUT2D eigenvalue weighted by molar-refractivity contribution is 5.04. The molecule has 0 atom stereocenters. The third kappa shape index (κ3) is 1.66. The Bertz CT molecular complexity index is 302. The molecule has 4 heteroatoms. The quantitative estimate of drug-likeness (QED) is 0.780. The fourth-order valence-electron chi connectivity index (χ4n) is 2.13. The van der Waals surface area contributed by atoms with Crippen LogP contribution in [0.2, 0.25) is 0 Å². The Labute approximate surface area is 83.9 Å². The smallest absolute Gasteiger partial charge is 0.232 e. The summed E-state index contributed by atoms with van der Waals surface area (Å²) in [6.45, 7) is 2.57. The van der Waals surface area contributed by atoms with Crippen LogP contribution in [-0.4, -0.2) is 10.1 Å². The number of aromatic nitrogens is 2. The molecule has 0 aliphatic heterocycles. The Morgan fingerprint density at radius 2 is 2.07 bits per heavy atom. The standard InChI is InChI=1S/C10H17N3O/c1-10(5-3-2-4-6-10)9-12-8(7-11)13-14-9/h2-7,11H2,1H3. The summed E-state index contributed by atoms with van der Waals surface area (Å²) < 4.78 is 5.26. The lowest BCUT2D eigenvalue weighted by Gasteiger charge is -2.29. The van der Waals surface area contributed by atoms with E-state index in [-0.39, 0.29) is 5.41 Å². The number of rotatable bonds is 2.